The SMILES string of the molecule is CCOc1cccc(-c2ccc(CN)c(F)c2)c1. The highest BCUT2D eigenvalue weighted by atomic mass is 19.1. The standard InChI is InChI=1S/C15H16FNO/c1-2-18-14-5-3-4-11(8-14)12-6-7-13(10-17)15(16)9-12/h3-9H,2,10,17H2,1H3. The summed E-state index contributed by atoms with van der Waals surface area (Å²) >= 11 is 0. The first-order valence-electron chi connectivity index (χ1n) is 5.96. The average molecular weight is 245 g/mol. The van der Waals surface area contributed by atoms with Gasteiger partial charge in [-0.25, -0.2) is 4.39 Å². The lowest BCUT2D eigenvalue weighted by Crippen LogP contribution is -1.99. The van der Waals surface area contributed by atoms with Crippen LogP contribution in [-0.2, 0) is 6.54 Å². The molecule has 18 heavy (non-hydrogen) atoms. The predicted molar refractivity (Wildman–Crippen MR) is 70.9 cm³/mol. The summed E-state index contributed by atoms with van der Waals surface area (Å²) in [6.45, 7) is 2.76. The monoisotopic (exact) mass is 245 g/mol. The Balaban J connectivity index is 2.36. The molecule has 2 nitrogen and oxygen atoms in total. The van der Waals surface area contributed by atoms with Gasteiger partial charge in [-0.15, -0.1) is 0 Å². The quantitative estimate of drug-likeness (QED) is 0.896. The van der Waals surface area contributed by atoms with Gasteiger partial charge in [0.15, 0.2) is 0 Å². The molecule has 0 aliphatic heterocycles. The molecule has 0 fully saturated rings. The number of ether oxygens (including phenoxy) is 1. The van der Waals surface area contributed by atoms with Crippen molar-refractivity contribution < 1.29 is 9.13 Å². The molecule has 0 aliphatic rings. The van der Waals surface area contributed by atoms with Crippen molar-refractivity contribution in [2.75, 3.05) is 6.61 Å². The minimum Gasteiger partial charge on any atom is -0.494 e. The third-order valence-corrected chi connectivity index (χ3v) is 2.75. The Kier molecular flexibility index (Phi) is 3.95. The van der Waals surface area contributed by atoms with Crippen molar-refractivity contribution in [3.8, 4) is 16.9 Å². The Bertz CT molecular complexity index is 540. The second-order valence-corrected chi connectivity index (χ2v) is 3.97. The van der Waals surface area contributed by atoms with Crippen molar-refractivity contribution in [1.82, 2.24) is 0 Å². The van der Waals surface area contributed by atoms with Crippen LogP contribution in [0.5, 0.6) is 5.75 Å². The van der Waals surface area contributed by atoms with E-state index in [2.05, 4.69) is 0 Å². The van der Waals surface area contributed by atoms with E-state index in [1.165, 1.54) is 6.07 Å². The van der Waals surface area contributed by atoms with E-state index < -0.39 is 0 Å². The molecule has 2 rings (SSSR count). The summed E-state index contributed by atoms with van der Waals surface area (Å²) in [5, 5.41) is 0. The summed E-state index contributed by atoms with van der Waals surface area (Å²) < 4.78 is 19.1. The third kappa shape index (κ3) is 2.68. The van der Waals surface area contributed by atoms with Gasteiger partial charge < -0.3 is 10.5 Å². The summed E-state index contributed by atoms with van der Waals surface area (Å²) in [7, 11) is 0. The van der Waals surface area contributed by atoms with E-state index in [0.717, 1.165) is 16.9 Å². The van der Waals surface area contributed by atoms with Gasteiger partial charge in [-0.1, -0.05) is 24.3 Å². The fourth-order valence-corrected chi connectivity index (χ4v) is 1.82. The molecule has 3 heteroatoms. The van der Waals surface area contributed by atoms with E-state index in [-0.39, 0.29) is 12.4 Å². The van der Waals surface area contributed by atoms with E-state index in [1.54, 1.807) is 6.07 Å². The Morgan fingerprint density at radius 1 is 1.11 bits per heavy atom. The van der Waals surface area contributed by atoms with Gasteiger partial charge in [0.1, 0.15) is 11.6 Å². The van der Waals surface area contributed by atoms with Crippen LogP contribution < -0.4 is 10.5 Å². The number of halogens is 1. The predicted octanol–water partition coefficient (Wildman–Crippen LogP) is 3.35. The Morgan fingerprint density at radius 2 is 1.89 bits per heavy atom. The van der Waals surface area contributed by atoms with Crippen LogP contribution in [0.2, 0.25) is 0 Å². The second kappa shape index (κ2) is 5.65. The van der Waals surface area contributed by atoms with Crippen LogP contribution in [-0.4, -0.2) is 6.61 Å². The highest BCUT2D eigenvalue weighted by molar-refractivity contribution is 5.65. The molecule has 0 atom stereocenters. The van der Waals surface area contributed by atoms with E-state index in [9.17, 15) is 4.39 Å². The number of nitrogens with two attached hydrogens (primary N) is 1. The first-order chi connectivity index (χ1) is 8.74. The molecule has 94 valence electrons. The number of hydrogen-bond donors (Lipinski definition) is 1. The maximum Gasteiger partial charge on any atom is 0.128 e. The number of rotatable bonds is 4. The Morgan fingerprint density at radius 3 is 2.56 bits per heavy atom. The minimum absolute atomic E-state index is 0.213. The van der Waals surface area contributed by atoms with Gasteiger partial charge in [0.2, 0.25) is 0 Å². The Hall–Kier alpha value is -1.87. The highest BCUT2D eigenvalue weighted by Gasteiger charge is 2.04. The molecule has 0 heterocycles. The van der Waals surface area contributed by atoms with Gasteiger partial charge in [0, 0.05) is 12.1 Å². The van der Waals surface area contributed by atoms with Crippen LogP contribution in [0.4, 0.5) is 4.39 Å². The molecule has 2 N–H and O–H groups in total. The van der Waals surface area contributed by atoms with Crippen molar-refractivity contribution in [1.29, 1.82) is 0 Å². The minimum atomic E-state index is -0.267. The molecule has 0 bridgehead atoms. The lowest BCUT2D eigenvalue weighted by molar-refractivity contribution is 0.340. The molecule has 0 amide bonds. The fraction of sp³-hybridized carbons (Fsp3) is 0.200. The number of hydrogen-bond acceptors (Lipinski definition) is 2. The zero-order chi connectivity index (χ0) is 13.0. The summed E-state index contributed by atoms with van der Waals surface area (Å²) in [5.41, 5.74) is 7.73. The second-order valence-electron chi connectivity index (χ2n) is 3.97. The fourth-order valence-electron chi connectivity index (χ4n) is 1.82. The molecule has 0 aromatic heterocycles. The summed E-state index contributed by atoms with van der Waals surface area (Å²) in [6.07, 6.45) is 0. The van der Waals surface area contributed by atoms with Gasteiger partial charge in [0.05, 0.1) is 6.61 Å². The normalized spacial score (nSPS) is 10.4. The van der Waals surface area contributed by atoms with E-state index >= 15 is 0 Å². The zero-order valence-electron chi connectivity index (χ0n) is 10.3. The zero-order valence-corrected chi connectivity index (χ0v) is 10.3. The molecule has 2 aromatic carbocycles. The summed E-state index contributed by atoms with van der Waals surface area (Å²) in [6, 6.07) is 12.7. The van der Waals surface area contributed by atoms with Crippen molar-refractivity contribution in [2.24, 2.45) is 5.73 Å². The molecule has 0 aliphatic carbocycles. The van der Waals surface area contributed by atoms with Crippen LogP contribution in [0.3, 0.4) is 0 Å². The highest BCUT2D eigenvalue weighted by Crippen LogP contribution is 2.25. The molecular weight excluding hydrogens is 229 g/mol. The van der Waals surface area contributed by atoms with E-state index in [1.807, 2.05) is 37.3 Å². The topological polar surface area (TPSA) is 35.2 Å². The molecular formula is C15H16FNO. The maximum absolute atomic E-state index is 13.7. The lowest BCUT2D eigenvalue weighted by Gasteiger charge is -2.07. The molecule has 0 saturated carbocycles. The van der Waals surface area contributed by atoms with Crippen molar-refractivity contribution in [2.45, 2.75) is 13.5 Å². The van der Waals surface area contributed by atoms with Crippen molar-refractivity contribution in [3.05, 3.63) is 53.8 Å². The smallest absolute Gasteiger partial charge is 0.128 e. The maximum atomic E-state index is 13.7. The average Bonchev–Trinajstić information content (AvgIpc) is 2.39. The molecule has 0 unspecified atom stereocenters. The van der Waals surface area contributed by atoms with Crippen molar-refractivity contribution in [3.63, 3.8) is 0 Å². The molecule has 0 spiro atoms. The lowest BCUT2D eigenvalue weighted by atomic mass is 10.0. The first-order valence-corrected chi connectivity index (χ1v) is 5.96. The Labute approximate surface area is 106 Å². The third-order valence-electron chi connectivity index (χ3n) is 2.75. The van der Waals surface area contributed by atoms with Gasteiger partial charge in [0.25, 0.3) is 0 Å². The number of benzene rings is 2. The largest absolute Gasteiger partial charge is 0.494 e. The molecule has 0 saturated heterocycles. The summed E-state index contributed by atoms with van der Waals surface area (Å²) in [5.74, 6) is 0.523. The van der Waals surface area contributed by atoms with Crippen LogP contribution in [0.25, 0.3) is 11.1 Å². The van der Waals surface area contributed by atoms with Crippen molar-refractivity contribution >= 4 is 0 Å². The molecule has 2 aromatic rings. The summed E-state index contributed by atoms with van der Waals surface area (Å²) in [4.78, 5) is 0. The molecule has 0 radical (unpaired) electrons. The van der Waals surface area contributed by atoms with Crippen LogP contribution >= 0.6 is 0 Å². The first kappa shape index (κ1) is 12.6. The van der Waals surface area contributed by atoms with Crippen LogP contribution in [0, 0.1) is 5.82 Å². The van der Waals surface area contributed by atoms with Crippen LogP contribution in [0.1, 0.15) is 12.5 Å². The van der Waals surface area contributed by atoms with Gasteiger partial charge in [-0.3, -0.25) is 0 Å². The van der Waals surface area contributed by atoms with Gasteiger partial charge in [-0.05, 0) is 36.2 Å². The van der Waals surface area contributed by atoms with E-state index in [4.69, 9.17) is 10.5 Å². The van der Waals surface area contributed by atoms with Gasteiger partial charge >= 0.3 is 0 Å². The van der Waals surface area contributed by atoms with Gasteiger partial charge in [-0.2, -0.15) is 0 Å². The van der Waals surface area contributed by atoms with Crippen LogP contribution in [0.15, 0.2) is 42.5 Å². The van der Waals surface area contributed by atoms with E-state index in [0.29, 0.717) is 12.2 Å².